The number of carbonyl (C=O) groups excluding carboxylic acids is 3. The Kier molecular flexibility index (Phi) is 8.06. The summed E-state index contributed by atoms with van der Waals surface area (Å²) in [5.41, 5.74) is 7.90. The van der Waals surface area contributed by atoms with Crippen LogP contribution in [0.2, 0.25) is 0 Å². The van der Waals surface area contributed by atoms with Crippen molar-refractivity contribution in [3.63, 3.8) is 0 Å². The summed E-state index contributed by atoms with van der Waals surface area (Å²) < 4.78 is 21.9. The van der Waals surface area contributed by atoms with Gasteiger partial charge in [0, 0.05) is 25.7 Å². The third-order valence-electron chi connectivity index (χ3n) is 4.49. The van der Waals surface area contributed by atoms with Crippen LogP contribution in [0, 0.1) is 13.8 Å². The van der Waals surface area contributed by atoms with E-state index in [1.54, 1.807) is 0 Å². The average Bonchev–Trinajstić information content (AvgIpc) is 2.61. The van der Waals surface area contributed by atoms with Crippen LogP contribution in [0.3, 0.4) is 0 Å². The zero-order valence-corrected chi connectivity index (χ0v) is 18.0. The predicted molar refractivity (Wildman–Crippen MR) is 106 cm³/mol. The van der Waals surface area contributed by atoms with Crippen molar-refractivity contribution in [1.29, 1.82) is 0 Å². The summed E-state index contributed by atoms with van der Waals surface area (Å²) in [6.45, 7) is 7.65. The maximum Gasteiger partial charge on any atom is 0.303 e. The van der Waals surface area contributed by atoms with Crippen LogP contribution in [0.1, 0.15) is 31.9 Å². The summed E-state index contributed by atoms with van der Waals surface area (Å²) in [5.74, 6) is -1.59. The Morgan fingerprint density at radius 2 is 1.62 bits per heavy atom. The van der Waals surface area contributed by atoms with Gasteiger partial charge in [0.1, 0.15) is 24.3 Å². The smallest absolute Gasteiger partial charge is 0.303 e. The fourth-order valence-corrected chi connectivity index (χ4v) is 4.19. The number of hydrogen-bond donors (Lipinski definition) is 1. The molecule has 29 heavy (non-hydrogen) atoms. The Bertz CT molecular complexity index is 767. The third-order valence-corrected chi connectivity index (χ3v) is 5.63. The molecule has 1 aromatic rings. The highest BCUT2D eigenvalue weighted by atomic mass is 32.2. The molecule has 5 unspecified atom stereocenters. The molecule has 8 nitrogen and oxygen atoms in total. The molecule has 1 aromatic carbocycles. The molecule has 160 valence electrons. The zero-order valence-electron chi connectivity index (χ0n) is 17.2. The fourth-order valence-electron chi connectivity index (χ4n) is 2.97. The minimum atomic E-state index is -0.937. The van der Waals surface area contributed by atoms with Crippen LogP contribution in [-0.4, -0.2) is 54.3 Å². The average molecular weight is 426 g/mol. The van der Waals surface area contributed by atoms with Gasteiger partial charge in [-0.2, -0.15) is 0 Å². The molecule has 1 heterocycles. The molecule has 2 rings (SSSR count). The predicted octanol–water partition coefficient (Wildman–Crippen LogP) is 1.87. The molecule has 0 radical (unpaired) electrons. The van der Waals surface area contributed by atoms with Gasteiger partial charge in [-0.1, -0.05) is 17.8 Å². The molecule has 9 heteroatoms. The van der Waals surface area contributed by atoms with Gasteiger partial charge in [0.15, 0.2) is 6.10 Å². The first kappa shape index (κ1) is 23.2. The summed E-state index contributed by atoms with van der Waals surface area (Å²) in [5, 5.41) is 0. The van der Waals surface area contributed by atoms with Crippen molar-refractivity contribution in [2.24, 2.45) is 5.73 Å². The first-order valence-corrected chi connectivity index (χ1v) is 10.1. The Hall–Kier alpha value is -2.10. The quantitative estimate of drug-likeness (QED) is 0.539. The van der Waals surface area contributed by atoms with Gasteiger partial charge in [-0.15, -0.1) is 0 Å². The van der Waals surface area contributed by atoms with E-state index in [-0.39, 0.29) is 6.61 Å². The first-order chi connectivity index (χ1) is 13.6. The number of hydrogen-bond acceptors (Lipinski definition) is 9. The van der Waals surface area contributed by atoms with Crippen LogP contribution in [0.4, 0.5) is 0 Å². The minimum absolute atomic E-state index is 0.141. The van der Waals surface area contributed by atoms with Crippen LogP contribution in [0.25, 0.3) is 0 Å². The van der Waals surface area contributed by atoms with E-state index >= 15 is 0 Å². The number of esters is 3. The van der Waals surface area contributed by atoms with Crippen LogP contribution < -0.4 is 5.73 Å². The van der Waals surface area contributed by atoms with Gasteiger partial charge in [0.05, 0.1) is 6.04 Å². The Morgan fingerprint density at radius 3 is 2.17 bits per heavy atom. The van der Waals surface area contributed by atoms with Crippen molar-refractivity contribution < 1.29 is 33.3 Å². The number of aryl methyl sites for hydroxylation is 2. The first-order valence-electron chi connectivity index (χ1n) is 9.21. The van der Waals surface area contributed by atoms with Crippen LogP contribution in [-0.2, 0) is 33.3 Å². The largest absolute Gasteiger partial charge is 0.463 e. The number of rotatable bonds is 6. The molecule has 0 amide bonds. The summed E-state index contributed by atoms with van der Waals surface area (Å²) in [7, 11) is 0. The second kappa shape index (κ2) is 10.1. The van der Waals surface area contributed by atoms with Crippen molar-refractivity contribution in [3.05, 3.63) is 29.3 Å². The molecular weight excluding hydrogens is 398 g/mol. The molecule has 0 aromatic heterocycles. The van der Waals surface area contributed by atoms with E-state index in [2.05, 4.69) is 0 Å². The van der Waals surface area contributed by atoms with E-state index in [0.717, 1.165) is 16.0 Å². The summed E-state index contributed by atoms with van der Waals surface area (Å²) in [6, 6.07) is 5.06. The molecule has 1 aliphatic heterocycles. The topological polar surface area (TPSA) is 114 Å². The maximum atomic E-state index is 11.7. The van der Waals surface area contributed by atoms with Gasteiger partial charge >= 0.3 is 17.9 Å². The zero-order chi connectivity index (χ0) is 21.7. The van der Waals surface area contributed by atoms with Crippen molar-refractivity contribution in [2.75, 3.05) is 6.61 Å². The fraction of sp³-hybridized carbons (Fsp3) is 0.550. The van der Waals surface area contributed by atoms with Crippen LogP contribution in [0.5, 0.6) is 0 Å². The standard InChI is InChI=1S/C20H27NO7S/c1-10-6-7-15(8-11(10)2)29-20-19(27-14(5)24)17(21)18(26-13(4)23)16(28-20)9-25-12(3)22/h6-8,16-20H,9,21H2,1-5H3. The number of nitrogens with two attached hydrogens (primary N) is 1. The van der Waals surface area contributed by atoms with Gasteiger partial charge in [0.2, 0.25) is 0 Å². The molecule has 1 saturated heterocycles. The SMILES string of the molecule is CC(=O)OCC1OC(Sc2ccc(C)c(C)c2)C(OC(C)=O)C(N)C1OC(C)=O. The van der Waals surface area contributed by atoms with E-state index in [1.165, 1.54) is 32.5 Å². The summed E-state index contributed by atoms with van der Waals surface area (Å²) >= 11 is 1.34. The molecule has 0 spiro atoms. The lowest BCUT2D eigenvalue weighted by Crippen LogP contribution is -2.63. The maximum absolute atomic E-state index is 11.7. The Labute approximate surface area is 174 Å². The monoisotopic (exact) mass is 425 g/mol. The van der Waals surface area contributed by atoms with Gasteiger partial charge in [0.25, 0.3) is 0 Å². The van der Waals surface area contributed by atoms with Crippen molar-refractivity contribution in [2.45, 2.75) is 69.3 Å². The van der Waals surface area contributed by atoms with Gasteiger partial charge in [-0.25, -0.2) is 0 Å². The molecular formula is C20H27NO7S. The van der Waals surface area contributed by atoms with E-state index < -0.39 is 47.7 Å². The Balaban J connectivity index is 2.31. The van der Waals surface area contributed by atoms with Crippen LogP contribution >= 0.6 is 11.8 Å². The summed E-state index contributed by atoms with van der Waals surface area (Å²) in [4.78, 5) is 35.4. The third kappa shape index (κ3) is 6.45. The highest BCUT2D eigenvalue weighted by Gasteiger charge is 2.48. The van der Waals surface area contributed by atoms with Gasteiger partial charge in [-0.05, 0) is 37.1 Å². The molecule has 0 aliphatic carbocycles. The van der Waals surface area contributed by atoms with E-state index in [1.807, 2.05) is 32.0 Å². The second-order valence-electron chi connectivity index (χ2n) is 6.93. The van der Waals surface area contributed by atoms with Crippen LogP contribution in [0.15, 0.2) is 23.1 Å². The molecule has 1 fully saturated rings. The van der Waals surface area contributed by atoms with Crippen molar-refractivity contribution in [1.82, 2.24) is 0 Å². The molecule has 0 bridgehead atoms. The number of thioether (sulfide) groups is 1. The minimum Gasteiger partial charge on any atom is -0.463 e. The highest BCUT2D eigenvalue weighted by molar-refractivity contribution is 7.99. The lowest BCUT2D eigenvalue weighted by atomic mass is 9.97. The second-order valence-corrected chi connectivity index (χ2v) is 8.11. The number of carbonyl (C=O) groups is 3. The normalized spacial score (nSPS) is 26.5. The lowest BCUT2D eigenvalue weighted by Gasteiger charge is -2.43. The van der Waals surface area contributed by atoms with E-state index in [9.17, 15) is 14.4 Å². The van der Waals surface area contributed by atoms with Gasteiger partial charge in [-0.3, -0.25) is 14.4 Å². The number of benzene rings is 1. The summed E-state index contributed by atoms with van der Waals surface area (Å²) in [6.07, 6.45) is -2.60. The Morgan fingerprint density at radius 1 is 1.00 bits per heavy atom. The molecule has 5 atom stereocenters. The molecule has 1 aliphatic rings. The lowest BCUT2D eigenvalue weighted by molar-refractivity contribution is -0.201. The van der Waals surface area contributed by atoms with Gasteiger partial charge < -0.3 is 24.7 Å². The van der Waals surface area contributed by atoms with Crippen molar-refractivity contribution in [3.8, 4) is 0 Å². The molecule has 0 saturated carbocycles. The molecule has 2 N–H and O–H groups in total. The highest BCUT2D eigenvalue weighted by Crippen LogP contribution is 2.36. The van der Waals surface area contributed by atoms with E-state index in [4.69, 9.17) is 24.7 Å². The number of ether oxygens (including phenoxy) is 4. The van der Waals surface area contributed by atoms with Crippen molar-refractivity contribution >= 4 is 29.7 Å². The van der Waals surface area contributed by atoms with E-state index in [0.29, 0.717) is 0 Å².